The van der Waals surface area contributed by atoms with E-state index < -0.39 is 0 Å². The molecule has 0 saturated heterocycles. The predicted octanol–water partition coefficient (Wildman–Crippen LogP) is 3.07. The molecule has 0 radical (unpaired) electrons. The van der Waals surface area contributed by atoms with Crippen LogP contribution in [0.25, 0.3) is 10.9 Å². The minimum atomic E-state index is 0.436. The van der Waals surface area contributed by atoms with Gasteiger partial charge in [0.15, 0.2) is 5.15 Å². The molecule has 0 aromatic carbocycles. The lowest BCUT2D eigenvalue weighted by atomic mass is 10.2. The summed E-state index contributed by atoms with van der Waals surface area (Å²) in [6.45, 7) is 0.798. The van der Waals surface area contributed by atoms with E-state index in [0.29, 0.717) is 5.15 Å². The molecule has 3 rings (SSSR count). The summed E-state index contributed by atoms with van der Waals surface area (Å²) in [7, 11) is 0. The lowest BCUT2D eigenvalue weighted by Gasteiger charge is -2.05. The molecule has 0 aliphatic heterocycles. The number of hydrogen-bond acceptors (Lipinski definition) is 3. The Balaban J connectivity index is 1.89. The van der Waals surface area contributed by atoms with Gasteiger partial charge in [-0.15, -0.1) is 0 Å². The van der Waals surface area contributed by atoms with Crippen molar-refractivity contribution in [2.75, 3.05) is 6.61 Å². The topological polar surface area (TPSA) is 35.0 Å². The van der Waals surface area contributed by atoms with E-state index in [9.17, 15) is 0 Å². The Morgan fingerprint density at radius 3 is 3.06 bits per heavy atom. The highest BCUT2D eigenvalue weighted by atomic mass is 35.5. The van der Waals surface area contributed by atoms with Gasteiger partial charge in [0.2, 0.25) is 0 Å². The molecule has 82 valence electrons. The normalized spacial score (nSPS) is 15.3. The van der Waals surface area contributed by atoms with Crippen LogP contribution in [0.4, 0.5) is 0 Å². The highest BCUT2D eigenvalue weighted by molar-refractivity contribution is 6.33. The van der Waals surface area contributed by atoms with E-state index in [1.807, 2.05) is 12.1 Å². The van der Waals surface area contributed by atoms with Crippen molar-refractivity contribution in [3.63, 3.8) is 0 Å². The first kappa shape index (κ1) is 9.85. The third kappa shape index (κ3) is 1.95. The fourth-order valence-electron chi connectivity index (χ4n) is 1.58. The fourth-order valence-corrected chi connectivity index (χ4v) is 1.80. The van der Waals surface area contributed by atoms with E-state index in [2.05, 4.69) is 9.97 Å². The molecule has 1 saturated carbocycles. The first-order chi connectivity index (χ1) is 7.83. The van der Waals surface area contributed by atoms with Gasteiger partial charge in [-0.05, 0) is 30.9 Å². The molecule has 0 atom stereocenters. The van der Waals surface area contributed by atoms with Crippen molar-refractivity contribution in [1.29, 1.82) is 0 Å². The van der Waals surface area contributed by atoms with Crippen LogP contribution in [0.1, 0.15) is 12.8 Å². The van der Waals surface area contributed by atoms with Gasteiger partial charge in [-0.1, -0.05) is 11.6 Å². The number of fused-ring (bicyclic) bond motifs is 1. The van der Waals surface area contributed by atoms with Crippen molar-refractivity contribution < 1.29 is 4.74 Å². The Hall–Kier alpha value is -1.35. The van der Waals surface area contributed by atoms with Gasteiger partial charge in [-0.2, -0.15) is 0 Å². The van der Waals surface area contributed by atoms with E-state index in [1.54, 1.807) is 12.4 Å². The zero-order valence-corrected chi connectivity index (χ0v) is 9.44. The van der Waals surface area contributed by atoms with Crippen LogP contribution in [-0.2, 0) is 0 Å². The van der Waals surface area contributed by atoms with Crippen molar-refractivity contribution >= 4 is 22.5 Å². The van der Waals surface area contributed by atoms with Gasteiger partial charge in [-0.25, -0.2) is 9.97 Å². The number of rotatable bonds is 3. The van der Waals surface area contributed by atoms with Crippen LogP contribution in [0, 0.1) is 5.92 Å². The summed E-state index contributed by atoms with van der Waals surface area (Å²) >= 11 is 5.93. The zero-order chi connectivity index (χ0) is 11.0. The largest absolute Gasteiger partial charge is 0.492 e. The molecule has 1 fully saturated rings. The lowest BCUT2D eigenvalue weighted by molar-refractivity contribution is 0.299. The van der Waals surface area contributed by atoms with Gasteiger partial charge in [0.1, 0.15) is 11.3 Å². The number of ether oxygens (including phenoxy) is 1. The molecule has 0 N–H and O–H groups in total. The van der Waals surface area contributed by atoms with Crippen molar-refractivity contribution in [1.82, 2.24) is 9.97 Å². The van der Waals surface area contributed by atoms with Gasteiger partial charge in [0.25, 0.3) is 0 Å². The first-order valence-corrected chi connectivity index (χ1v) is 5.74. The van der Waals surface area contributed by atoms with Gasteiger partial charge in [0.05, 0.1) is 12.8 Å². The third-order valence-electron chi connectivity index (χ3n) is 2.71. The SMILES string of the molecule is Clc1nccc2cc(OCC3CC3)cnc12. The fraction of sp³-hybridized carbons (Fsp3) is 0.333. The van der Waals surface area contributed by atoms with Gasteiger partial charge in [0, 0.05) is 11.6 Å². The average Bonchev–Trinajstić information content (AvgIpc) is 3.10. The van der Waals surface area contributed by atoms with Crippen LogP contribution in [0.5, 0.6) is 5.75 Å². The van der Waals surface area contributed by atoms with E-state index in [1.165, 1.54) is 12.8 Å². The maximum Gasteiger partial charge on any atom is 0.155 e. The second-order valence-electron chi connectivity index (χ2n) is 4.10. The van der Waals surface area contributed by atoms with E-state index in [0.717, 1.165) is 29.2 Å². The molecule has 2 aromatic heterocycles. The van der Waals surface area contributed by atoms with Crippen LogP contribution in [0.2, 0.25) is 5.15 Å². The van der Waals surface area contributed by atoms with Crippen LogP contribution >= 0.6 is 11.6 Å². The summed E-state index contributed by atoms with van der Waals surface area (Å²) in [4.78, 5) is 8.24. The van der Waals surface area contributed by atoms with Crippen molar-refractivity contribution in [3.8, 4) is 5.75 Å². The lowest BCUT2D eigenvalue weighted by Crippen LogP contribution is -1.99. The second kappa shape index (κ2) is 3.91. The van der Waals surface area contributed by atoms with Crippen molar-refractivity contribution in [2.45, 2.75) is 12.8 Å². The molecule has 2 heterocycles. The van der Waals surface area contributed by atoms with Crippen molar-refractivity contribution in [3.05, 3.63) is 29.7 Å². The summed E-state index contributed by atoms with van der Waals surface area (Å²) in [5, 5.41) is 1.40. The first-order valence-electron chi connectivity index (χ1n) is 5.36. The van der Waals surface area contributed by atoms with E-state index >= 15 is 0 Å². The second-order valence-corrected chi connectivity index (χ2v) is 4.46. The minimum absolute atomic E-state index is 0.436. The monoisotopic (exact) mass is 234 g/mol. The van der Waals surface area contributed by atoms with Crippen molar-refractivity contribution in [2.24, 2.45) is 5.92 Å². The quantitative estimate of drug-likeness (QED) is 0.766. The maximum atomic E-state index is 5.93. The number of aromatic nitrogens is 2. The molecule has 0 spiro atoms. The number of pyridine rings is 2. The highest BCUT2D eigenvalue weighted by Gasteiger charge is 2.21. The standard InChI is InChI=1S/C12H11ClN2O/c13-12-11-9(3-4-14-12)5-10(6-15-11)16-7-8-1-2-8/h3-6,8H,1-2,7H2. The molecule has 2 aromatic rings. The average molecular weight is 235 g/mol. The molecule has 0 unspecified atom stereocenters. The minimum Gasteiger partial charge on any atom is -0.492 e. The summed E-state index contributed by atoms with van der Waals surface area (Å²) in [6, 6.07) is 3.84. The summed E-state index contributed by atoms with van der Waals surface area (Å²) in [5.41, 5.74) is 0.725. The highest BCUT2D eigenvalue weighted by Crippen LogP contribution is 2.30. The van der Waals surface area contributed by atoms with E-state index in [-0.39, 0.29) is 0 Å². The maximum absolute atomic E-state index is 5.93. The summed E-state index contributed by atoms with van der Waals surface area (Å²) in [5.74, 6) is 1.55. The predicted molar refractivity (Wildman–Crippen MR) is 62.8 cm³/mol. The van der Waals surface area contributed by atoms with Crippen LogP contribution in [0.15, 0.2) is 24.5 Å². The molecule has 0 bridgehead atoms. The molecule has 3 nitrogen and oxygen atoms in total. The molecule has 0 amide bonds. The zero-order valence-electron chi connectivity index (χ0n) is 8.69. The van der Waals surface area contributed by atoms with Crippen LogP contribution < -0.4 is 4.74 Å². The Kier molecular flexibility index (Phi) is 2.40. The van der Waals surface area contributed by atoms with Crippen LogP contribution in [0.3, 0.4) is 0 Å². The third-order valence-corrected chi connectivity index (χ3v) is 2.99. The van der Waals surface area contributed by atoms with E-state index in [4.69, 9.17) is 16.3 Å². The molecule has 16 heavy (non-hydrogen) atoms. The molecule has 4 heteroatoms. The molecule has 1 aliphatic rings. The summed E-state index contributed by atoms with van der Waals surface area (Å²) < 4.78 is 5.65. The number of nitrogens with zero attached hydrogens (tertiary/aromatic N) is 2. The Morgan fingerprint density at radius 2 is 2.25 bits per heavy atom. The molecular weight excluding hydrogens is 224 g/mol. The molecular formula is C12H11ClN2O. The smallest absolute Gasteiger partial charge is 0.155 e. The molecule has 1 aliphatic carbocycles. The Morgan fingerprint density at radius 1 is 1.38 bits per heavy atom. The van der Waals surface area contributed by atoms with Gasteiger partial charge < -0.3 is 4.74 Å². The van der Waals surface area contributed by atoms with Gasteiger partial charge in [-0.3, -0.25) is 0 Å². The number of halogens is 1. The van der Waals surface area contributed by atoms with Crippen LogP contribution in [-0.4, -0.2) is 16.6 Å². The Bertz CT molecular complexity index is 525. The Labute approximate surface area is 98.4 Å². The summed E-state index contributed by atoms with van der Waals surface area (Å²) in [6.07, 6.45) is 5.96. The van der Waals surface area contributed by atoms with Gasteiger partial charge >= 0.3 is 0 Å². The number of hydrogen-bond donors (Lipinski definition) is 0.